The molecule has 0 radical (unpaired) electrons. The summed E-state index contributed by atoms with van der Waals surface area (Å²) in [6.07, 6.45) is 6.89. The Balaban J connectivity index is 1.58. The Bertz CT molecular complexity index is 1060. The fraction of sp³-hybridized carbons (Fsp3) is 0.448. The van der Waals surface area contributed by atoms with Crippen molar-refractivity contribution in [2.75, 3.05) is 19.8 Å². The molecule has 0 unspecified atom stereocenters. The Morgan fingerprint density at radius 3 is 2.17 bits per heavy atom. The lowest BCUT2D eigenvalue weighted by Gasteiger charge is -2.28. The summed E-state index contributed by atoms with van der Waals surface area (Å²) in [6, 6.07) is 20.9. The first kappa shape index (κ1) is 25.1. The lowest BCUT2D eigenvalue weighted by molar-refractivity contribution is -0.142. The first-order valence-electron chi connectivity index (χ1n) is 12.8. The third kappa shape index (κ3) is 6.80. The number of nitrogens with zero attached hydrogens (tertiary/aromatic N) is 2. The normalized spacial score (nSPS) is 18.0. The highest BCUT2D eigenvalue weighted by Crippen LogP contribution is 2.37. The van der Waals surface area contributed by atoms with Crippen LogP contribution in [0.5, 0.6) is 0 Å². The first-order chi connectivity index (χ1) is 17.2. The summed E-state index contributed by atoms with van der Waals surface area (Å²) < 4.78 is 7.57. The zero-order chi connectivity index (χ0) is 24.5. The fourth-order valence-corrected chi connectivity index (χ4v) is 5.15. The van der Waals surface area contributed by atoms with Gasteiger partial charge in [0, 0.05) is 30.0 Å². The van der Waals surface area contributed by atoms with Crippen LogP contribution >= 0.6 is 0 Å². The van der Waals surface area contributed by atoms with E-state index in [0.717, 1.165) is 62.7 Å². The molecule has 0 amide bonds. The van der Waals surface area contributed by atoms with Crippen LogP contribution in [0.3, 0.4) is 0 Å². The number of rotatable bonds is 12. The highest BCUT2D eigenvalue weighted by atomic mass is 16.5. The predicted molar refractivity (Wildman–Crippen MR) is 137 cm³/mol. The van der Waals surface area contributed by atoms with Gasteiger partial charge >= 0.3 is 5.97 Å². The molecule has 0 atom stereocenters. The molecule has 186 valence electrons. The van der Waals surface area contributed by atoms with Gasteiger partial charge in [0.2, 0.25) is 0 Å². The van der Waals surface area contributed by atoms with E-state index in [9.17, 15) is 9.90 Å². The van der Waals surface area contributed by atoms with Crippen molar-refractivity contribution in [1.29, 1.82) is 0 Å². The zero-order valence-electron chi connectivity index (χ0n) is 20.3. The number of aromatic nitrogens is 2. The minimum Gasteiger partial charge on any atom is -0.480 e. The van der Waals surface area contributed by atoms with Gasteiger partial charge in [-0.25, -0.2) is 4.79 Å². The number of hydrogen-bond acceptors (Lipinski definition) is 4. The van der Waals surface area contributed by atoms with Crippen molar-refractivity contribution in [3.63, 3.8) is 0 Å². The van der Waals surface area contributed by atoms with Crippen LogP contribution < -0.4 is 0 Å². The van der Waals surface area contributed by atoms with E-state index < -0.39 is 5.97 Å². The van der Waals surface area contributed by atoms with Crippen LogP contribution in [-0.2, 0) is 22.5 Å². The Labute approximate surface area is 207 Å². The summed E-state index contributed by atoms with van der Waals surface area (Å²) in [4.78, 5) is 10.7. The third-order valence-corrected chi connectivity index (χ3v) is 6.97. The largest absolute Gasteiger partial charge is 0.480 e. The van der Waals surface area contributed by atoms with Gasteiger partial charge in [-0.3, -0.25) is 4.68 Å². The molecule has 4 rings (SSSR count). The van der Waals surface area contributed by atoms with Gasteiger partial charge in [-0.15, -0.1) is 0 Å². The zero-order valence-corrected chi connectivity index (χ0v) is 20.3. The van der Waals surface area contributed by atoms with Crippen LogP contribution in [0.25, 0.3) is 22.4 Å². The fourth-order valence-electron chi connectivity index (χ4n) is 5.15. The smallest absolute Gasteiger partial charge is 0.329 e. The Morgan fingerprint density at radius 2 is 1.54 bits per heavy atom. The van der Waals surface area contributed by atoms with Gasteiger partial charge < -0.3 is 14.9 Å². The van der Waals surface area contributed by atoms with Crippen LogP contribution in [0.1, 0.15) is 44.2 Å². The molecule has 35 heavy (non-hydrogen) atoms. The number of carbonyl (C=O) groups is 1. The highest BCUT2D eigenvalue weighted by molar-refractivity contribution is 5.82. The molecule has 6 heteroatoms. The molecule has 1 aromatic heterocycles. The van der Waals surface area contributed by atoms with Crippen molar-refractivity contribution in [1.82, 2.24) is 9.78 Å². The van der Waals surface area contributed by atoms with E-state index in [2.05, 4.69) is 53.2 Å². The van der Waals surface area contributed by atoms with E-state index in [-0.39, 0.29) is 13.2 Å². The van der Waals surface area contributed by atoms with Crippen LogP contribution in [0, 0.1) is 11.8 Å². The van der Waals surface area contributed by atoms with Crippen molar-refractivity contribution in [3.8, 4) is 22.4 Å². The van der Waals surface area contributed by atoms with Gasteiger partial charge in [0.05, 0.1) is 6.61 Å². The molecule has 3 aromatic rings. The van der Waals surface area contributed by atoms with E-state index >= 15 is 0 Å². The molecule has 0 aliphatic heterocycles. The SMILES string of the molecule is O=C(O)COCC1CCC(Cn2nc(-c3ccccc3)c(-c3ccccc3)c2CCCCO)CC1. The average molecular weight is 477 g/mol. The Hall–Kier alpha value is -2.96. The van der Waals surface area contributed by atoms with E-state index in [1.807, 2.05) is 12.1 Å². The van der Waals surface area contributed by atoms with Crippen molar-refractivity contribution in [3.05, 3.63) is 66.4 Å². The van der Waals surface area contributed by atoms with Crippen molar-refractivity contribution in [2.45, 2.75) is 51.5 Å². The second-order valence-corrected chi connectivity index (χ2v) is 9.56. The van der Waals surface area contributed by atoms with E-state index in [1.165, 1.54) is 16.8 Å². The molecular formula is C29H36N2O4. The summed E-state index contributed by atoms with van der Waals surface area (Å²) in [5, 5.41) is 23.4. The number of carboxylic acids is 1. The number of aliphatic hydroxyl groups is 1. The Kier molecular flexibility index (Phi) is 9.09. The van der Waals surface area contributed by atoms with Gasteiger partial charge in [-0.2, -0.15) is 5.10 Å². The molecule has 2 N–H and O–H groups in total. The molecule has 0 saturated heterocycles. The molecule has 1 heterocycles. The molecule has 1 saturated carbocycles. The van der Waals surface area contributed by atoms with E-state index in [0.29, 0.717) is 18.4 Å². The van der Waals surface area contributed by atoms with Gasteiger partial charge in [-0.05, 0) is 62.3 Å². The minimum atomic E-state index is -0.908. The summed E-state index contributed by atoms with van der Waals surface area (Å²) in [5.74, 6) is 0.0657. The standard InChI is InChI=1S/C29H36N2O4/c32-18-8-7-13-26-28(24-9-3-1-4-10-24)29(25-11-5-2-6-12-25)30-31(26)19-22-14-16-23(17-15-22)20-35-21-27(33)34/h1-6,9-12,22-23,32H,7-8,13-21H2,(H,33,34). The molecule has 1 aliphatic carbocycles. The van der Waals surface area contributed by atoms with Crippen LogP contribution in [0.15, 0.2) is 60.7 Å². The van der Waals surface area contributed by atoms with Gasteiger partial charge in [0.25, 0.3) is 0 Å². The predicted octanol–water partition coefficient (Wildman–Crippen LogP) is 5.44. The Morgan fingerprint density at radius 1 is 0.914 bits per heavy atom. The molecule has 6 nitrogen and oxygen atoms in total. The number of aliphatic carboxylic acids is 1. The lowest BCUT2D eigenvalue weighted by atomic mass is 9.82. The van der Waals surface area contributed by atoms with Gasteiger partial charge in [-0.1, -0.05) is 60.7 Å². The maximum absolute atomic E-state index is 10.7. The van der Waals surface area contributed by atoms with E-state index in [4.69, 9.17) is 14.9 Å². The van der Waals surface area contributed by atoms with Crippen molar-refractivity contribution >= 4 is 5.97 Å². The number of benzene rings is 2. The molecular weight excluding hydrogens is 440 g/mol. The second kappa shape index (κ2) is 12.7. The van der Waals surface area contributed by atoms with Crippen molar-refractivity contribution < 1.29 is 19.7 Å². The van der Waals surface area contributed by atoms with Crippen molar-refractivity contribution in [2.24, 2.45) is 11.8 Å². The minimum absolute atomic E-state index is 0.203. The third-order valence-electron chi connectivity index (χ3n) is 6.97. The number of ether oxygens (including phenoxy) is 1. The second-order valence-electron chi connectivity index (χ2n) is 9.56. The summed E-state index contributed by atoms with van der Waals surface area (Å²) in [5.41, 5.74) is 5.76. The van der Waals surface area contributed by atoms with Gasteiger partial charge in [0.15, 0.2) is 0 Å². The van der Waals surface area contributed by atoms with Gasteiger partial charge in [0.1, 0.15) is 12.3 Å². The molecule has 0 bridgehead atoms. The number of hydrogen-bond donors (Lipinski definition) is 2. The monoisotopic (exact) mass is 476 g/mol. The quantitative estimate of drug-likeness (QED) is 0.340. The average Bonchev–Trinajstić information content (AvgIpc) is 3.24. The lowest BCUT2D eigenvalue weighted by Crippen LogP contribution is -2.24. The highest BCUT2D eigenvalue weighted by Gasteiger charge is 2.25. The first-order valence-corrected chi connectivity index (χ1v) is 12.8. The van der Waals surface area contributed by atoms with Crippen LogP contribution in [0.2, 0.25) is 0 Å². The van der Waals surface area contributed by atoms with Crippen LogP contribution in [-0.4, -0.2) is 45.8 Å². The summed E-state index contributed by atoms with van der Waals surface area (Å²) in [6.45, 7) is 1.40. The molecule has 0 spiro atoms. The number of unbranched alkanes of at least 4 members (excludes halogenated alkanes) is 1. The molecule has 2 aromatic carbocycles. The maximum atomic E-state index is 10.7. The van der Waals surface area contributed by atoms with E-state index in [1.54, 1.807) is 0 Å². The summed E-state index contributed by atoms with van der Waals surface area (Å²) >= 11 is 0. The molecule has 1 aliphatic rings. The summed E-state index contributed by atoms with van der Waals surface area (Å²) in [7, 11) is 0. The number of carboxylic acid groups (broad SMARTS) is 1. The number of aliphatic hydroxyl groups excluding tert-OH is 1. The maximum Gasteiger partial charge on any atom is 0.329 e. The van der Waals surface area contributed by atoms with Crippen LogP contribution in [0.4, 0.5) is 0 Å². The topological polar surface area (TPSA) is 84.6 Å². The molecule has 1 fully saturated rings.